The van der Waals surface area contributed by atoms with E-state index in [4.69, 9.17) is 5.84 Å². The third kappa shape index (κ3) is 4.54. The van der Waals surface area contributed by atoms with Gasteiger partial charge in [0.25, 0.3) is 15.9 Å². The minimum absolute atomic E-state index is 0.0158. The van der Waals surface area contributed by atoms with Crippen LogP contribution in [0.1, 0.15) is 5.56 Å². The lowest BCUT2D eigenvalue weighted by atomic mass is 10.1. The summed E-state index contributed by atoms with van der Waals surface area (Å²) < 4.78 is 28.6. The number of amides is 1. The molecule has 7 nitrogen and oxygen atoms in total. The second kappa shape index (κ2) is 9.12. The lowest BCUT2D eigenvalue weighted by Crippen LogP contribution is -2.41. The van der Waals surface area contributed by atoms with Crippen molar-refractivity contribution in [2.24, 2.45) is 5.84 Å². The van der Waals surface area contributed by atoms with Crippen LogP contribution in [-0.4, -0.2) is 19.4 Å². The van der Waals surface area contributed by atoms with E-state index >= 15 is 0 Å². The number of benzene rings is 3. The van der Waals surface area contributed by atoms with Gasteiger partial charge in [-0.3, -0.25) is 10.2 Å². The number of hydrazine groups is 1. The molecule has 154 valence electrons. The Hall–Kier alpha value is -3.14. The smallest absolute Gasteiger partial charge is 0.282 e. The molecule has 0 saturated carbocycles. The molecule has 0 heterocycles. The summed E-state index contributed by atoms with van der Waals surface area (Å²) in [5.74, 6) is 4.39. The third-order valence-electron chi connectivity index (χ3n) is 4.14. The number of phenols is 1. The van der Waals surface area contributed by atoms with Crippen LogP contribution in [0, 0.1) is 0 Å². The van der Waals surface area contributed by atoms with Crippen molar-refractivity contribution in [1.29, 1.82) is 0 Å². The van der Waals surface area contributed by atoms with Gasteiger partial charge in [-0.05, 0) is 42.5 Å². The van der Waals surface area contributed by atoms with Crippen molar-refractivity contribution in [3.8, 4) is 5.75 Å². The van der Waals surface area contributed by atoms with Crippen molar-refractivity contribution < 1.29 is 18.3 Å². The summed E-state index contributed by atoms with van der Waals surface area (Å²) in [6.07, 6.45) is 1.26. The highest BCUT2D eigenvalue weighted by Gasteiger charge is 2.32. The van der Waals surface area contributed by atoms with E-state index in [2.05, 4.69) is 15.9 Å². The molecule has 1 amide bonds. The quantitative estimate of drug-likeness (QED) is 0.213. The van der Waals surface area contributed by atoms with Crippen LogP contribution < -0.4 is 15.6 Å². The number of phenolic OH excluding ortho intramolecular Hbond substituents is 1. The number of nitrogens with two attached hydrogens (primary N) is 1. The van der Waals surface area contributed by atoms with Gasteiger partial charge < -0.3 is 5.11 Å². The molecule has 0 aliphatic heterocycles. The van der Waals surface area contributed by atoms with Gasteiger partial charge in [-0.15, -0.1) is 0 Å². The first kappa shape index (κ1) is 21.6. The van der Waals surface area contributed by atoms with E-state index in [1.54, 1.807) is 60.7 Å². The molecule has 0 fully saturated rings. The molecule has 3 aromatic carbocycles. The number of nitrogens with one attached hydrogen (secondary N) is 1. The molecule has 0 aliphatic rings. The number of anilines is 1. The van der Waals surface area contributed by atoms with Crippen LogP contribution in [0.25, 0.3) is 6.08 Å². The topological polar surface area (TPSA) is 113 Å². The number of aromatic hydroxyl groups is 1. The molecule has 0 radical (unpaired) electrons. The fourth-order valence-electron chi connectivity index (χ4n) is 2.75. The van der Waals surface area contributed by atoms with Gasteiger partial charge >= 0.3 is 0 Å². The van der Waals surface area contributed by atoms with Crippen LogP contribution in [0.15, 0.2) is 93.9 Å². The number of sulfonamides is 1. The summed E-state index contributed by atoms with van der Waals surface area (Å²) in [7, 11) is -4.21. The molecule has 4 N–H and O–H groups in total. The predicted octanol–water partition coefficient (Wildman–Crippen LogP) is 3.38. The van der Waals surface area contributed by atoms with Gasteiger partial charge in [0.2, 0.25) is 0 Å². The maximum absolute atomic E-state index is 13.6. The molecular formula is C21H18BrN3O4S. The van der Waals surface area contributed by atoms with Gasteiger partial charge in [0.15, 0.2) is 0 Å². The zero-order valence-corrected chi connectivity index (χ0v) is 18.0. The Balaban J connectivity index is 2.31. The first-order valence-corrected chi connectivity index (χ1v) is 10.9. The Morgan fingerprint density at radius 3 is 2.30 bits per heavy atom. The van der Waals surface area contributed by atoms with Crippen LogP contribution in [0.4, 0.5) is 5.69 Å². The summed E-state index contributed by atoms with van der Waals surface area (Å²) in [6, 6.07) is 20.4. The molecule has 0 aromatic heterocycles. The summed E-state index contributed by atoms with van der Waals surface area (Å²) in [4.78, 5) is 12.7. The fourth-order valence-corrected chi connectivity index (χ4v) is 4.64. The number of hydrogen-bond acceptors (Lipinski definition) is 5. The SMILES string of the molecule is NNC(=O)C(=Cc1ccccc1O)N(c1cccc(Br)c1)S(=O)(=O)c1ccccc1. The van der Waals surface area contributed by atoms with Crippen molar-refractivity contribution in [3.63, 3.8) is 0 Å². The monoisotopic (exact) mass is 487 g/mol. The average Bonchev–Trinajstić information content (AvgIpc) is 2.74. The number of para-hydroxylation sites is 1. The van der Waals surface area contributed by atoms with E-state index in [0.717, 1.165) is 4.31 Å². The Labute approximate surface area is 182 Å². The highest BCUT2D eigenvalue weighted by atomic mass is 79.9. The molecule has 0 unspecified atom stereocenters. The Morgan fingerprint density at radius 2 is 1.67 bits per heavy atom. The molecular weight excluding hydrogens is 470 g/mol. The highest BCUT2D eigenvalue weighted by Crippen LogP contribution is 2.32. The number of carbonyl (C=O) groups is 1. The van der Waals surface area contributed by atoms with Crippen molar-refractivity contribution in [2.75, 3.05) is 4.31 Å². The molecule has 0 bridgehead atoms. The van der Waals surface area contributed by atoms with E-state index in [0.29, 0.717) is 4.47 Å². The molecule has 0 spiro atoms. The van der Waals surface area contributed by atoms with E-state index in [1.165, 1.54) is 24.3 Å². The Morgan fingerprint density at radius 1 is 1.00 bits per heavy atom. The van der Waals surface area contributed by atoms with Crippen molar-refractivity contribution >= 4 is 43.6 Å². The Kier molecular flexibility index (Phi) is 6.56. The lowest BCUT2D eigenvalue weighted by Gasteiger charge is -2.26. The second-order valence-corrected chi connectivity index (χ2v) is 8.83. The van der Waals surface area contributed by atoms with Gasteiger partial charge in [0.05, 0.1) is 10.6 Å². The van der Waals surface area contributed by atoms with Gasteiger partial charge in [-0.2, -0.15) is 0 Å². The van der Waals surface area contributed by atoms with E-state index in [-0.39, 0.29) is 27.6 Å². The summed E-state index contributed by atoms with van der Waals surface area (Å²) in [5, 5.41) is 10.1. The van der Waals surface area contributed by atoms with Crippen LogP contribution in [0.3, 0.4) is 0 Å². The zero-order chi connectivity index (χ0) is 21.7. The molecule has 0 atom stereocenters. The summed E-state index contributed by atoms with van der Waals surface area (Å²) in [6.45, 7) is 0. The lowest BCUT2D eigenvalue weighted by molar-refractivity contribution is -0.117. The Bertz CT molecular complexity index is 1200. The molecule has 0 saturated heterocycles. The fraction of sp³-hybridized carbons (Fsp3) is 0. The number of halogens is 1. The normalized spacial score (nSPS) is 11.7. The van der Waals surface area contributed by atoms with Gasteiger partial charge in [0.1, 0.15) is 11.4 Å². The minimum Gasteiger partial charge on any atom is -0.507 e. The van der Waals surface area contributed by atoms with Crippen molar-refractivity contribution in [3.05, 3.63) is 94.6 Å². The molecule has 0 aliphatic carbocycles. The largest absolute Gasteiger partial charge is 0.507 e. The summed E-state index contributed by atoms with van der Waals surface area (Å²) >= 11 is 3.33. The highest BCUT2D eigenvalue weighted by molar-refractivity contribution is 9.10. The second-order valence-electron chi connectivity index (χ2n) is 6.12. The first-order valence-electron chi connectivity index (χ1n) is 8.71. The van der Waals surface area contributed by atoms with Gasteiger partial charge in [-0.1, -0.05) is 58.4 Å². The number of rotatable bonds is 6. The molecule has 30 heavy (non-hydrogen) atoms. The van der Waals surface area contributed by atoms with Crippen molar-refractivity contribution in [2.45, 2.75) is 4.90 Å². The maximum atomic E-state index is 13.6. The van der Waals surface area contributed by atoms with Crippen molar-refractivity contribution in [1.82, 2.24) is 5.43 Å². The number of carbonyl (C=O) groups excluding carboxylic acids is 1. The van der Waals surface area contributed by atoms with Crippen LogP contribution in [0.5, 0.6) is 5.75 Å². The maximum Gasteiger partial charge on any atom is 0.282 e. The standard InChI is InChI=1S/C21H18BrN3O4S/c22-16-8-6-9-17(14-16)25(30(28,29)18-10-2-1-3-11-18)19(21(27)24-23)13-15-7-4-5-12-20(15)26/h1-14,26H,23H2,(H,24,27). The van der Waals surface area contributed by atoms with Crippen LogP contribution in [0.2, 0.25) is 0 Å². The van der Waals surface area contributed by atoms with E-state index in [9.17, 15) is 18.3 Å². The van der Waals surface area contributed by atoms with Gasteiger partial charge in [0, 0.05) is 10.0 Å². The van der Waals surface area contributed by atoms with Crippen LogP contribution in [-0.2, 0) is 14.8 Å². The van der Waals surface area contributed by atoms with Gasteiger partial charge in [-0.25, -0.2) is 18.6 Å². The summed E-state index contributed by atoms with van der Waals surface area (Å²) in [5.41, 5.74) is 2.15. The molecule has 3 rings (SSSR count). The number of hydrogen-bond donors (Lipinski definition) is 3. The van der Waals surface area contributed by atoms with Crippen LogP contribution >= 0.6 is 15.9 Å². The third-order valence-corrected chi connectivity index (χ3v) is 6.39. The number of nitrogens with zero attached hydrogens (tertiary/aromatic N) is 1. The van der Waals surface area contributed by atoms with E-state index in [1.807, 2.05) is 5.43 Å². The molecule has 3 aromatic rings. The van der Waals surface area contributed by atoms with E-state index < -0.39 is 15.9 Å². The zero-order valence-electron chi connectivity index (χ0n) is 15.6. The first-order chi connectivity index (χ1) is 14.3. The molecule has 9 heteroatoms. The predicted molar refractivity (Wildman–Crippen MR) is 119 cm³/mol. The minimum atomic E-state index is -4.21. The average molecular weight is 488 g/mol.